The van der Waals surface area contributed by atoms with Crippen molar-refractivity contribution in [1.82, 2.24) is 0 Å². The van der Waals surface area contributed by atoms with Crippen molar-refractivity contribution < 1.29 is 4.79 Å². The first kappa shape index (κ1) is 14.9. The summed E-state index contributed by atoms with van der Waals surface area (Å²) in [5.74, 6) is -0.00993. The second-order valence-corrected chi connectivity index (χ2v) is 6.37. The Labute approximate surface area is 128 Å². The molecule has 0 aromatic heterocycles. The number of benzene rings is 2. The third-order valence-electron chi connectivity index (χ3n) is 2.87. The average Bonchev–Trinajstić information content (AvgIpc) is 2.43. The van der Waals surface area contributed by atoms with Gasteiger partial charge in [0.2, 0.25) is 5.91 Å². The number of carbonyl (C=O) groups is 1. The van der Waals surface area contributed by atoms with Crippen LogP contribution in [-0.4, -0.2) is 11.2 Å². The van der Waals surface area contributed by atoms with E-state index in [9.17, 15) is 4.79 Å². The van der Waals surface area contributed by atoms with Gasteiger partial charge in [0, 0.05) is 15.6 Å². The van der Waals surface area contributed by atoms with Gasteiger partial charge in [-0.25, -0.2) is 0 Å². The molecule has 2 aromatic carbocycles. The van der Waals surface area contributed by atoms with Crippen LogP contribution >= 0.6 is 23.4 Å². The smallest absolute Gasteiger partial charge is 0.237 e. The van der Waals surface area contributed by atoms with E-state index in [0.29, 0.717) is 5.02 Å². The lowest BCUT2D eigenvalue weighted by molar-refractivity contribution is -0.115. The Kier molecular flexibility index (Phi) is 5.10. The highest BCUT2D eigenvalue weighted by atomic mass is 35.5. The van der Waals surface area contributed by atoms with E-state index < -0.39 is 0 Å². The third-order valence-corrected chi connectivity index (χ3v) is 4.22. The molecule has 0 aliphatic carbocycles. The van der Waals surface area contributed by atoms with Gasteiger partial charge in [0.05, 0.1) is 5.25 Å². The summed E-state index contributed by atoms with van der Waals surface area (Å²) in [6.45, 7) is 3.83. The maximum Gasteiger partial charge on any atom is 0.237 e. The van der Waals surface area contributed by atoms with E-state index in [1.54, 1.807) is 17.8 Å². The van der Waals surface area contributed by atoms with Gasteiger partial charge >= 0.3 is 0 Å². The van der Waals surface area contributed by atoms with E-state index in [2.05, 4.69) is 5.32 Å². The van der Waals surface area contributed by atoms with Gasteiger partial charge in [0.1, 0.15) is 0 Å². The number of rotatable bonds is 4. The van der Waals surface area contributed by atoms with Gasteiger partial charge in [0.25, 0.3) is 0 Å². The fraction of sp³-hybridized carbons (Fsp3) is 0.188. The van der Waals surface area contributed by atoms with Crippen molar-refractivity contribution in [1.29, 1.82) is 0 Å². The van der Waals surface area contributed by atoms with Gasteiger partial charge < -0.3 is 5.32 Å². The average molecular weight is 306 g/mol. The van der Waals surface area contributed by atoms with Gasteiger partial charge in [-0.1, -0.05) is 29.8 Å². The minimum absolute atomic E-state index is 0.00993. The molecule has 0 saturated carbocycles. The molecule has 1 unspecified atom stereocenters. The molecule has 2 rings (SSSR count). The molecule has 1 amide bonds. The minimum Gasteiger partial charge on any atom is -0.325 e. The fourth-order valence-corrected chi connectivity index (χ4v) is 2.87. The van der Waals surface area contributed by atoms with Crippen LogP contribution in [0.15, 0.2) is 53.4 Å². The first-order chi connectivity index (χ1) is 9.56. The summed E-state index contributed by atoms with van der Waals surface area (Å²) >= 11 is 7.45. The van der Waals surface area contributed by atoms with Crippen LogP contribution < -0.4 is 5.32 Å². The molecule has 2 nitrogen and oxygen atoms in total. The van der Waals surface area contributed by atoms with Crippen LogP contribution in [0.5, 0.6) is 0 Å². The summed E-state index contributed by atoms with van der Waals surface area (Å²) in [6.07, 6.45) is 0. The Morgan fingerprint density at radius 2 is 1.90 bits per heavy atom. The van der Waals surface area contributed by atoms with E-state index >= 15 is 0 Å². The minimum atomic E-state index is -0.160. The number of anilines is 1. The Morgan fingerprint density at radius 3 is 2.55 bits per heavy atom. The largest absolute Gasteiger partial charge is 0.325 e. The summed E-state index contributed by atoms with van der Waals surface area (Å²) in [5.41, 5.74) is 1.77. The van der Waals surface area contributed by atoms with Crippen LogP contribution in [0.25, 0.3) is 0 Å². The molecule has 2 aromatic rings. The Morgan fingerprint density at radius 1 is 1.20 bits per heavy atom. The predicted molar refractivity (Wildman–Crippen MR) is 86.6 cm³/mol. The zero-order valence-corrected chi connectivity index (χ0v) is 13.0. The molecular weight excluding hydrogens is 290 g/mol. The fourth-order valence-electron chi connectivity index (χ4n) is 1.76. The molecule has 0 aliphatic rings. The quantitative estimate of drug-likeness (QED) is 0.825. The maximum atomic E-state index is 12.2. The first-order valence-electron chi connectivity index (χ1n) is 6.35. The van der Waals surface area contributed by atoms with Crippen molar-refractivity contribution in [3.63, 3.8) is 0 Å². The van der Waals surface area contributed by atoms with E-state index in [1.807, 2.05) is 56.3 Å². The molecule has 104 valence electrons. The van der Waals surface area contributed by atoms with Crippen LogP contribution in [0.2, 0.25) is 5.02 Å². The highest BCUT2D eigenvalue weighted by molar-refractivity contribution is 8.00. The highest BCUT2D eigenvalue weighted by Crippen LogP contribution is 2.25. The molecule has 0 radical (unpaired) electrons. The molecule has 0 aliphatic heterocycles. The van der Waals surface area contributed by atoms with Crippen molar-refractivity contribution in [2.45, 2.75) is 24.0 Å². The molecule has 0 heterocycles. The van der Waals surface area contributed by atoms with Crippen LogP contribution in [0.4, 0.5) is 5.69 Å². The topological polar surface area (TPSA) is 29.1 Å². The maximum absolute atomic E-state index is 12.2. The second-order valence-electron chi connectivity index (χ2n) is 4.52. The molecule has 0 bridgehead atoms. The molecular formula is C16H16ClNOS. The van der Waals surface area contributed by atoms with Crippen molar-refractivity contribution in [3.8, 4) is 0 Å². The van der Waals surface area contributed by atoms with Gasteiger partial charge in [0.15, 0.2) is 0 Å². The van der Waals surface area contributed by atoms with E-state index in [0.717, 1.165) is 16.1 Å². The van der Waals surface area contributed by atoms with Gasteiger partial charge in [-0.15, -0.1) is 11.8 Å². The number of aryl methyl sites for hydroxylation is 1. The lowest BCUT2D eigenvalue weighted by Gasteiger charge is -2.13. The lowest BCUT2D eigenvalue weighted by Crippen LogP contribution is -2.22. The zero-order valence-electron chi connectivity index (χ0n) is 11.4. The summed E-state index contributed by atoms with van der Waals surface area (Å²) in [4.78, 5) is 13.3. The SMILES string of the molecule is Cc1cc(Cl)ccc1NC(=O)C(C)Sc1ccccc1. The van der Waals surface area contributed by atoms with Crippen LogP contribution in [0.3, 0.4) is 0 Å². The number of hydrogen-bond acceptors (Lipinski definition) is 2. The predicted octanol–water partition coefficient (Wildman–Crippen LogP) is 4.77. The summed E-state index contributed by atoms with van der Waals surface area (Å²) < 4.78 is 0. The van der Waals surface area contributed by atoms with E-state index in [-0.39, 0.29) is 11.2 Å². The molecule has 0 fully saturated rings. The molecule has 20 heavy (non-hydrogen) atoms. The van der Waals surface area contributed by atoms with Gasteiger partial charge in [-0.3, -0.25) is 4.79 Å². The number of carbonyl (C=O) groups excluding carboxylic acids is 1. The first-order valence-corrected chi connectivity index (χ1v) is 7.61. The summed E-state index contributed by atoms with van der Waals surface area (Å²) in [7, 11) is 0. The van der Waals surface area contributed by atoms with Crippen molar-refractivity contribution in [2.24, 2.45) is 0 Å². The third kappa shape index (κ3) is 4.02. The van der Waals surface area contributed by atoms with Crippen molar-refractivity contribution in [2.75, 3.05) is 5.32 Å². The molecule has 1 N–H and O–H groups in total. The van der Waals surface area contributed by atoms with Crippen molar-refractivity contribution >= 4 is 35.0 Å². The number of amides is 1. The number of hydrogen-bond donors (Lipinski definition) is 1. The summed E-state index contributed by atoms with van der Waals surface area (Å²) in [5, 5.41) is 3.45. The monoisotopic (exact) mass is 305 g/mol. The second kappa shape index (κ2) is 6.82. The number of nitrogens with one attached hydrogen (secondary N) is 1. The van der Waals surface area contributed by atoms with Crippen molar-refractivity contribution in [3.05, 3.63) is 59.1 Å². The Bertz CT molecular complexity index is 601. The van der Waals surface area contributed by atoms with Gasteiger partial charge in [-0.2, -0.15) is 0 Å². The Hall–Kier alpha value is -1.45. The normalized spacial score (nSPS) is 11.9. The standard InChI is InChI=1S/C16H16ClNOS/c1-11-10-13(17)8-9-15(11)18-16(19)12(2)20-14-6-4-3-5-7-14/h3-10,12H,1-2H3,(H,18,19). The van der Waals surface area contributed by atoms with Crippen LogP contribution in [-0.2, 0) is 4.79 Å². The molecule has 0 spiro atoms. The van der Waals surface area contributed by atoms with E-state index in [4.69, 9.17) is 11.6 Å². The Balaban J connectivity index is 2.01. The molecule has 1 atom stereocenters. The lowest BCUT2D eigenvalue weighted by atomic mass is 10.2. The number of thioether (sulfide) groups is 1. The van der Waals surface area contributed by atoms with Crippen LogP contribution in [0, 0.1) is 6.92 Å². The molecule has 4 heteroatoms. The zero-order chi connectivity index (χ0) is 14.5. The summed E-state index contributed by atoms with van der Waals surface area (Å²) in [6, 6.07) is 15.4. The van der Waals surface area contributed by atoms with E-state index in [1.165, 1.54) is 0 Å². The highest BCUT2D eigenvalue weighted by Gasteiger charge is 2.15. The molecule has 0 saturated heterocycles. The van der Waals surface area contributed by atoms with Crippen LogP contribution in [0.1, 0.15) is 12.5 Å². The number of halogens is 1. The van der Waals surface area contributed by atoms with Gasteiger partial charge in [-0.05, 0) is 49.7 Å².